The fourth-order valence-electron chi connectivity index (χ4n) is 2.08. The van der Waals surface area contributed by atoms with Crippen LogP contribution >= 0.6 is 23.1 Å². The maximum atomic E-state index is 12.9. The zero-order valence-corrected chi connectivity index (χ0v) is 15.3. The zero-order chi connectivity index (χ0) is 18.9. The van der Waals surface area contributed by atoms with Gasteiger partial charge in [0.15, 0.2) is 6.61 Å². The topological polar surface area (TPSA) is 35.0 Å². The Morgan fingerprint density at radius 3 is 2.50 bits per heavy atom. The summed E-state index contributed by atoms with van der Waals surface area (Å²) < 4.78 is 66.8. The first-order valence-corrected chi connectivity index (χ1v) is 9.69. The first kappa shape index (κ1) is 19.3. The Labute approximate surface area is 155 Å². The Kier molecular flexibility index (Phi) is 5.43. The average molecular weight is 410 g/mol. The first-order valence-electron chi connectivity index (χ1n) is 7.88. The molecule has 0 bridgehead atoms. The van der Waals surface area contributed by atoms with Crippen molar-refractivity contribution in [2.45, 2.75) is 42.8 Å². The lowest BCUT2D eigenvalue weighted by Crippen LogP contribution is -2.41. The van der Waals surface area contributed by atoms with Crippen molar-refractivity contribution in [2.24, 2.45) is 0 Å². The minimum atomic E-state index is -5.64. The largest absolute Gasteiger partial charge is 0.485 e. The van der Waals surface area contributed by atoms with E-state index in [0.29, 0.717) is 11.6 Å². The molecule has 0 N–H and O–H groups in total. The van der Waals surface area contributed by atoms with E-state index >= 15 is 0 Å². The van der Waals surface area contributed by atoms with E-state index < -0.39 is 18.7 Å². The van der Waals surface area contributed by atoms with Crippen LogP contribution in [-0.2, 0) is 0 Å². The van der Waals surface area contributed by atoms with Crippen LogP contribution in [0.1, 0.15) is 30.7 Å². The highest BCUT2D eigenvalue weighted by Gasteiger charge is 2.58. The molecule has 0 aromatic carbocycles. The third-order valence-corrected chi connectivity index (χ3v) is 5.85. The van der Waals surface area contributed by atoms with Crippen molar-refractivity contribution in [3.05, 3.63) is 23.3 Å². The fraction of sp³-hybridized carbons (Fsp3) is 0.500. The SMILES string of the molecule is CCSc1nc(C2CC2)sc1-c1ccc(OCC(F)(F)C(F)(F)F)cn1. The number of nitrogens with zero attached hydrogens (tertiary/aromatic N) is 2. The third kappa shape index (κ3) is 4.28. The van der Waals surface area contributed by atoms with Crippen LogP contribution in [0, 0.1) is 0 Å². The Morgan fingerprint density at radius 2 is 1.96 bits per heavy atom. The van der Waals surface area contributed by atoms with E-state index in [0.717, 1.165) is 39.7 Å². The number of rotatable bonds is 7. The molecule has 1 aliphatic rings. The summed E-state index contributed by atoms with van der Waals surface area (Å²) in [5.74, 6) is -3.71. The summed E-state index contributed by atoms with van der Waals surface area (Å²) in [6.45, 7) is 0.233. The Hall–Kier alpha value is -1.42. The molecule has 0 amide bonds. The minimum absolute atomic E-state index is 0.144. The highest BCUT2D eigenvalue weighted by atomic mass is 32.2. The van der Waals surface area contributed by atoms with E-state index in [9.17, 15) is 22.0 Å². The maximum absolute atomic E-state index is 12.9. The van der Waals surface area contributed by atoms with Gasteiger partial charge in [0.25, 0.3) is 0 Å². The summed E-state index contributed by atoms with van der Waals surface area (Å²) in [7, 11) is 0. The second kappa shape index (κ2) is 7.30. The molecule has 142 valence electrons. The van der Waals surface area contributed by atoms with Crippen LogP contribution in [-0.4, -0.2) is 34.4 Å². The van der Waals surface area contributed by atoms with Crippen molar-refractivity contribution in [1.29, 1.82) is 0 Å². The highest BCUT2D eigenvalue weighted by molar-refractivity contribution is 7.99. The molecular formula is C16H15F5N2OS2. The summed E-state index contributed by atoms with van der Waals surface area (Å²) in [5, 5.41) is 1.92. The van der Waals surface area contributed by atoms with Crippen molar-refractivity contribution < 1.29 is 26.7 Å². The number of ether oxygens (including phenoxy) is 1. The molecule has 1 fully saturated rings. The number of aromatic nitrogens is 2. The number of thiazole rings is 1. The fourth-order valence-corrected chi connectivity index (χ4v) is 4.22. The van der Waals surface area contributed by atoms with Gasteiger partial charge in [-0.2, -0.15) is 22.0 Å². The second-order valence-electron chi connectivity index (χ2n) is 5.76. The van der Waals surface area contributed by atoms with Crippen LogP contribution in [0.4, 0.5) is 22.0 Å². The van der Waals surface area contributed by atoms with Crippen LogP contribution in [0.15, 0.2) is 23.4 Å². The van der Waals surface area contributed by atoms with E-state index in [-0.39, 0.29) is 5.75 Å². The minimum Gasteiger partial charge on any atom is -0.485 e. The van der Waals surface area contributed by atoms with Crippen LogP contribution in [0.2, 0.25) is 0 Å². The normalized spacial score (nSPS) is 15.3. The molecule has 0 saturated heterocycles. The summed E-state index contributed by atoms with van der Waals surface area (Å²) in [4.78, 5) is 9.68. The molecule has 0 unspecified atom stereocenters. The number of hydrogen-bond donors (Lipinski definition) is 0. The standard InChI is InChI=1S/C16H15F5N2OS2/c1-2-25-14-12(26-13(23-14)9-3-4-9)11-6-5-10(7-22-11)24-8-15(17,18)16(19,20)21/h5-7,9H,2-4,8H2,1H3. The van der Waals surface area contributed by atoms with Gasteiger partial charge in [-0.1, -0.05) is 6.92 Å². The molecule has 1 saturated carbocycles. The van der Waals surface area contributed by atoms with Crippen molar-refractivity contribution in [3.63, 3.8) is 0 Å². The van der Waals surface area contributed by atoms with E-state index in [2.05, 4.69) is 14.7 Å². The summed E-state index contributed by atoms with van der Waals surface area (Å²) in [6.07, 6.45) is -2.25. The number of thioether (sulfide) groups is 1. The van der Waals surface area contributed by atoms with Crippen LogP contribution in [0.3, 0.4) is 0 Å². The number of pyridine rings is 1. The number of alkyl halides is 5. The monoisotopic (exact) mass is 410 g/mol. The zero-order valence-electron chi connectivity index (χ0n) is 13.6. The predicted molar refractivity (Wildman–Crippen MR) is 90.2 cm³/mol. The quantitative estimate of drug-likeness (QED) is 0.429. The van der Waals surface area contributed by atoms with Gasteiger partial charge in [0.2, 0.25) is 0 Å². The van der Waals surface area contributed by atoms with Gasteiger partial charge in [-0.3, -0.25) is 4.98 Å². The Balaban J connectivity index is 1.73. The predicted octanol–water partition coefficient (Wildman–Crippen LogP) is 5.77. The van der Waals surface area contributed by atoms with Gasteiger partial charge in [-0.05, 0) is 30.7 Å². The van der Waals surface area contributed by atoms with Gasteiger partial charge in [0.05, 0.1) is 21.8 Å². The van der Waals surface area contributed by atoms with Gasteiger partial charge in [0, 0.05) is 5.92 Å². The van der Waals surface area contributed by atoms with E-state index in [1.165, 1.54) is 6.07 Å². The van der Waals surface area contributed by atoms with Crippen molar-refractivity contribution in [1.82, 2.24) is 9.97 Å². The van der Waals surface area contributed by atoms with Crippen molar-refractivity contribution in [2.75, 3.05) is 12.4 Å². The molecule has 2 aromatic heterocycles. The summed E-state index contributed by atoms with van der Waals surface area (Å²) >= 11 is 3.13. The Bertz CT molecular complexity index is 757. The maximum Gasteiger partial charge on any atom is 0.456 e. The van der Waals surface area contributed by atoms with Crippen molar-refractivity contribution >= 4 is 23.1 Å². The molecule has 26 heavy (non-hydrogen) atoms. The molecule has 0 aliphatic heterocycles. The Morgan fingerprint density at radius 1 is 1.23 bits per heavy atom. The second-order valence-corrected chi connectivity index (χ2v) is 8.05. The number of hydrogen-bond acceptors (Lipinski definition) is 5. The molecule has 2 heterocycles. The van der Waals surface area contributed by atoms with Gasteiger partial charge in [0.1, 0.15) is 10.8 Å². The van der Waals surface area contributed by atoms with Crippen LogP contribution < -0.4 is 4.74 Å². The van der Waals surface area contributed by atoms with E-state index in [4.69, 9.17) is 0 Å². The molecule has 0 atom stereocenters. The van der Waals surface area contributed by atoms with Crippen molar-refractivity contribution in [3.8, 4) is 16.3 Å². The molecule has 10 heteroatoms. The molecule has 0 spiro atoms. The van der Waals surface area contributed by atoms with Gasteiger partial charge < -0.3 is 4.74 Å². The number of halogens is 5. The van der Waals surface area contributed by atoms with E-state index in [1.807, 2.05) is 6.92 Å². The lowest BCUT2D eigenvalue weighted by atomic mass is 10.3. The lowest BCUT2D eigenvalue weighted by molar-refractivity contribution is -0.290. The lowest BCUT2D eigenvalue weighted by Gasteiger charge is -2.19. The first-order chi connectivity index (χ1) is 12.2. The highest BCUT2D eigenvalue weighted by Crippen LogP contribution is 2.46. The molecule has 3 nitrogen and oxygen atoms in total. The van der Waals surface area contributed by atoms with Gasteiger partial charge in [-0.15, -0.1) is 23.1 Å². The molecule has 3 rings (SSSR count). The average Bonchev–Trinajstić information content (AvgIpc) is 3.34. The van der Waals surface area contributed by atoms with Gasteiger partial charge >= 0.3 is 12.1 Å². The smallest absolute Gasteiger partial charge is 0.456 e. The molecule has 0 radical (unpaired) electrons. The molecular weight excluding hydrogens is 395 g/mol. The summed E-state index contributed by atoms with van der Waals surface area (Å²) in [6, 6.07) is 2.89. The molecule has 2 aromatic rings. The summed E-state index contributed by atoms with van der Waals surface area (Å²) in [5.41, 5.74) is 0.597. The van der Waals surface area contributed by atoms with Crippen LogP contribution in [0.25, 0.3) is 10.6 Å². The van der Waals surface area contributed by atoms with Crippen LogP contribution in [0.5, 0.6) is 5.75 Å². The van der Waals surface area contributed by atoms with E-state index in [1.54, 1.807) is 29.2 Å². The molecule has 1 aliphatic carbocycles. The van der Waals surface area contributed by atoms with Gasteiger partial charge in [-0.25, -0.2) is 4.98 Å². The third-order valence-electron chi connectivity index (χ3n) is 3.62.